The highest BCUT2D eigenvalue weighted by Gasteiger charge is 2.29. The molecule has 2 aromatic carbocycles. The Bertz CT molecular complexity index is 1220. The first kappa shape index (κ1) is 28.0. The van der Waals surface area contributed by atoms with Gasteiger partial charge in [0.05, 0.1) is 12.6 Å². The van der Waals surface area contributed by atoms with Gasteiger partial charge in [-0.25, -0.2) is 8.78 Å². The molecule has 1 aliphatic rings. The standard InChI is InChI=1S/C31H38F2N2O3/c1-38-26-12-13-29-27(20-26)23(15-17-34-29)8-4-7-22-16-19-35(21-25(22)11-14-30(36)37)18-3-2-6-24-9-5-10-28(32)31(24)33/h5,9-10,12-13,15,17,20,22,25H,2-4,6-8,11,14,16,18-19,21H2,1H3,(H,36,37)/t22-,25+/m1/s1. The van der Waals surface area contributed by atoms with Crippen molar-refractivity contribution in [1.29, 1.82) is 0 Å². The van der Waals surface area contributed by atoms with Crippen molar-refractivity contribution in [2.24, 2.45) is 11.8 Å². The average molecular weight is 525 g/mol. The van der Waals surface area contributed by atoms with Crippen LogP contribution in [0.5, 0.6) is 5.75 Å². The maximum absolute atomic E-state index is 13.9. The number of benzene rings is 2. The first-order valence-electron chi connectivity index (χ1n) is 13.7. The van der Waals surface area contributed by atoms with Crippen LogP contribution in [0.3, 0.4) is 0 Å². The van der Waals surface area contributed by atoms with Gasteiger partial charge in [-0.2, -0.15) is 0 Å². The molecule has 0 aliphatic carbocycles. The zero-order valence-electron chi connectivity index (χ0n) is 22.2. The molecule has 5 nitrogen and oxygen atoms in total. The summed E-state index contributed by atoms with van der Waals surface area (Å²) < 4.78 is 32.7. The maximum Gasteiger partial charge on any atom is 0.303 e. The van der Waals surface area contributed by atoms with Crippen molar-refractivity contribution in [3.63, 3.8) is 0 Å². The quantitative estimate of drug-likeness (QED) is 0.253. The molecule has 1 fully saturated rings. The minimum absolute atomic E-state index is 0.197. The second-order valence-electron chi connectivity index (χ2n) is 10.5. The highest BCUT2D eigenvalue weighted by molar-refractivity contribution is 5.83. The molecule has 204 valence electrons. The van der Waals surface area contributed by atoms with E-state index in [1.54, 1.807) is 19.2 Å². The number of nitrogens with zero attached hydrogens (tertiary/aromatic N) is 2. The minimum Gasteiger partial charge on any atom is -0.497 e. The number of fused-ring (bicyclic) bond motifs is 1. The SMILES string of the molecule is COc1ccc2nccc(CCC[C@@H]3CCN(CCCCc4cccc(F)c4F)C[C@@H]3CCC(=O)O)c2c1. The molecule has 7 heteroatoms. The number of carboxylic acid groups (broad SMARTS) is 1. The lowest BCUT2D eigenvalue weighted by atomic mass is 9.79. The number of rotatable bonds is 13. The third-order valence-electron chi connectivity index (χ3n) is 7.97. The largest absolute Gasteiger partial charge is 0.497 e. The Morgan fingerprint density at radius 2 is 1.89 bits per heavy atom. The molecule has 0 saturated carbocycles. The van der Waals surface area contributed by atoms with Crippen LogP contribution in [-0.4, -0.2) is 47.7 Å². The molecule has 2 atom stereocenters. The lowest BCUT2D eigenvalue weighted by molar-refractivity contribution is -0.137. The van der Waals surface area contributed by atoms with Crippen molar-refractivity contribution >= 4 is 16.9 Å². The van der Waals surface area contributed by atoms with Crippen LogP contribution in [0.25, 0.3) is 10.9 Å². The van der Waals surface area contributed by atoms with E-state index in [-0.39, 0.29) is 6.42 Å². The topological polar surface area (TPSA) is 62.7 Å². The van der Waals surface area contributed by atoms with Gasteiger partial charge in [0, 0.05) is 24.5 Å². The first-order chi connectivity index (χ1) is 18.4. The number of carboxylic acids is 1. The van der Waals surface area contributed by atoms with Crippen LogP contribution in [-0.2, 0) is 17.6 Å². The van der Waals surface area contributed by atoms with E-state index in [2.05, 4.69) is 22.0 Å². The number of pyridine rings is 1. The summed E-state index contributed by atoms with van der Waals surface area (Å²) in [7, 11) is 1.67. The Kier molecular flexibility index (Phi) is 10.0. The number of ether oxygens (including phenoxy) is 1. The van der Waals surface area contributed by atoms with Crippen molar-refractivity contribution in [3.8, 4) is 5.75 Å². The molecular weight excluding hydrogens is 486 g/mol. The number of aliphatic carboxylic acids is 1. The van der Waals surface area contributed by atoms with Gasteiger partial charge in [-0.3, -0.25) is 9.78 Å². The van der Waals surface area contributed by atoms with Gasteiger partial charge < -0.3 is 14.7 Å². The zero-order valence-corrected chi connectivity index (χ0v) is 22.2. The molecular formula is C31H38F2N2O3. The molecule has 4 rings (SSSR count). The molecule has 1 aliphatic heterocycles. The van der Waals surface area contributed by atoms with Crippen LogP contribution in [0.1, 0.15) is 56.1 Å². The number of halogens is 2. The Hall–Kier alpha value is -3.06. The average Bonchev–Trinajstić information content (AvgIpc) is 2.92. The van der Waals surface area contributed by atoms with Gasteiger partial charge in [0.2, 0.25) is 0 Å². The lowest BCUT2D eigenvalue weighted by Crippen LogP contribution is -2.41. The summed E-state index contributed by atoms with van der Waals surface area (Å²) in [6.45, 7) is 2.80. The summed E-state index contributed by atoms with van der Waals surface area (Å²) >= 11 is 0. The van der Waals surface area contributed by atoms with E-state index in [9.17, 15) is 18.7 Å². The number of aryl methyl sites for hydroxylation is 2. The smallest absolute Gasteiger partial charge is 0.303 e. The molecule has 1 aromatic heterocycles. The molecule has 1 saturated heterocycles. The number of likely N-dealkylation sites (tertiary alicyclic amines) is 1. The molecule has 0 bridgehead atoms. The van der Waals surface area contributed by atoms with Gasteiger partial charge in [-0.1, -0.05) is 12.1 Å². The third kappa shape index (κ3) is 7.50. The van der Waals surface area contributed by atoms with Crippen molar-refractivity contribution < 1.29 is 23.4 Å². The van der Waals surface area contributed by atoms with E-state index in [4.69, 9.17) is 4.74 Å². The Morgan fingerprint density at radius 3 is 2.71 bits per heavy atom. The predicted molar refractivity (Wildman–Crippen MR) is 145 cm³/mol. The van der Waals surface area contributed by atoms with Gasteiger partial charge in [0.25, 0.3) is 0 Å². The third-order valence-corrected chi connectivity index (χ3v) is 7.97. The molecule has 2 heterocycles. The normalized spacial score (nSPS) is 18.1. The molecule has 0 radical (unpaired) electrons. The van der Waals surface area contributed by atoms with Crippen molar-refractivity contribution in [1.82, 2.24) is 9.88 Å². The summed E-state index contributed by atoms with van der Waals surface area (Å²) in [4.78, 5) is 18.2. The van der Waals surface area contributed by atoms with Crippen LogP contribution >= 0.6 is 0 Å². The molecule has 38 heavy (non-hydrogen) atoms. The molecule has 0 amide bonds. The Morgan fingerprint density at radius 1 is 1.05 bits per heavy atom. The van der Waals surface area contributed by atoms with Gasteiger partial charge in [-0.15, -0.1) is 0 Å². The van der Waals surface area contributed by atoms with E-state index >= 15 is 0 Å². The van der Waals surface area contributed by atoms with Crippen LogP contribution in [0.15, 0.2) is 48.7 Å². The Balaban J connectivity index is 1.28. The van der Waals surface area contributed by atoms with E-state index in [0.29, 0.717) is 30.2 Å². The van der Waals surface area contributed by atoms with Crippen molar-refractivity contribution in [3.05, 3.63) is 71.4 Å². The second kappa shape index (κ2) is 13.7. The summed E-state index contributed by atoms with van der Waals surface area (Å²) in [5, 5.41) is 10.4. The van der Waals surface area contributed by atoms with Crippen LogP contribution in [0, 0.1) is 23.5 Å². The molecule has 1 N–H and O–H groups in total. The van der Waals surface area contributed by atoms with E-state index in [1.807, 2.05) is 18.3 Å². The fraction of sp³-hybridized carbons (Fsp3) is 0.484. The number of hydrogen-bond donors (Lipinski definition) is 1. The molecule has 0 unspecified atom stereocenters. The summed E-state index contributed by atoms with van der Waals surface area (Å²) in [6.07, 6.45) is 9.12. The second-order valence-corrected chi connectivity index (χ2v) is 10.5. The van der Waals surface area contributed by atoms with Crippen LogP contribution < -0.4 is 4.74 Å². The van der Waals surface area contributed by atoms with Crippen LogP contribution in [0.4, 0.5) is 8.78 Å². The zero-order chi connectivity index (χ0) is 26.9. The fourth-order valence-corrected chi connectivity index (χ4v) is 5.85. The van der Waals surface area contributed by atoms with E-state index in [0.717, 1.165) is 80.9 Å². The van der Waals surface area contributed by atoms with Gasteiger partial charge in [0.1, 0.15) is 5.75 Å². The van der Waals surface area contributed by atoms with Crippen LogP contribution in [0.2, 0.25) is 0 Å². The minimum atomic E-state index is -0.789. The van der Waals surface area contributed by atoms with Crippen molar-refractivity contribution in [2.45, 2.75) is 57.8 Å². The highest BCUT2D eigenvalue weighted by Crippen LogP contribution is 2.32. The number of carbonyl (C=O) groups is 1. The van der Waals surface area contributed by atoms with Gasteiger partial charge in [0.15, 0.2) is 11.6 Å². The first-order valence-corrected chi connectivity index (χ1v) is 13.7. The fourth-order valence-electron chi connectivity index (χ4n) is 5.85. The Labute approximate surface area is 223 Å². The number of unbranched alkanes of at least 4 members (excludes halogenated alkanes) is 1. The van der Waals surface area contributed by atoms with Gasteiger partial charge in [-0.05, 0) is 118 Å². The number of hydrogen-bond acceptors (Lipinski definition) is 4. The number of aromatic nitrogens is 1. The lowest BCUT2D eigenvalue weighted by Gasteiger charge is -2.39. The number of piperidine rings is 1. The van der Waals surface area contributed by atoms with Crippen molar-refractivity contribution in [2.75, 3.05) is 26.7 Å². The monoisotopic (exact) mass is 524 g/mol. The predicted octanol–water partition coefficient (Wildman–Crippen LogP) is 6.67. The summed E-state index contributed by atoms with van der Waals surface area (Å²) in [6, 6.07) is 12.4. The van der Waals surface area contributed by atoms with E-state index in [1.165, 1.54) is 5.56 Å². The molecule has 3 aromatic rings. The maximum atomic E-state index is 13.9. The molecule has 0 spiro atoms. The summed E-state index contributed by atoms with van der Waals surface area (Å²) in [5.74, 6) is -0.572. The number of methoxy groups -OCH3 is 1. The van der Waals surface area contributed by atoms with Gasteiger partial charge >= 0.3 is 5.97 Å². The highest BCUT2D eigenvalue weighted by atomic mass is 19.2. The van der Waals surface area contributed by atoms with E-state index < -0.39 is 17.6 Å². The summed E-state index contributed by atoms with van der Waals surface area (Å²) in [5.41, 5.74) is 2.67.